The van der Waals surface area contributed by atoms with Crippen molar-refractivity contribution in [2.45, 2.75) is 19.9 Å². The minimum atomic E-state index is -0.959. The van der Waals surface area contributed by atoms with Gasteiger partial charge in [0.2, 0.25) is 0 Å². The van der Waals surface area contributed by atoms with Crippen LogP contribution < -0.4 is 10.6 Å². The number of hydrogen-bond donors (Lipinski definition) is 3. The Morgan fingerprint density at radius 3 is 2.65 bits per heavy atom. The zero-order chi connectivity index (χ0) is 14.7. The molecule has 1 aromatic carbocycles. The molecule has 0 aliphatic carbocycles. The van der Waals surface area contributed by atoms with E-state index in [9.17, 15) is 9.59 Å². The molecule has 0 bridgehead atoms. The molecule has 1 heterocycles. The molecule has 6 nitrogen and oxygen atoms in total. The maximum absolute atomic E-state index is 11.9. The molecule has 2 atom stereocenters. The van der Waals surface area contributed by atoms with Gasteiger partial charge in [0.15, 0.2) is 0 Å². The summed E-state index contributed by atoms with van der Waals surface area (Å²) in [5.74, 6) is -1.65. The molecular weight excluding hydrogens is 260 g/mol. The number of urea groups is 1. The smallest absolute Gasteiger partial charge is 0.319 e. The zero-order valence-electron chi connectivity index (χ0n) is 11.5. The van der Waals surface area contributed by atoms with Crippen molar-refractivity contribution in [1.82, 2.24) is 5.32 Å². The van der Waals surface area contributed by atoms with E-state index in [0.717, 1.165) is 11.1 Å². The Balaban J connectivity index is 1.95. The number of anilines is 1. The third kappa shape index (κ3) is 3.27. The van der Waals surface area contributed by atoms with Crippen molar-refractivity contribution in [3.8, 4) is 0 Å². The molecular formula is C14H18N2O4. The average molecular weight is 278 g/mol. The summed E-state index contributed by atoms with van der Waals surface area (Å²) in [6.45, 7) is 4.30. The maximum Gasteiger partial charge on any atom is 0.319 e. The maximum atomic E-state index is 11.9. The van der Waals surface area contributed by atoms with Crippen LogP contribution in [-0.4, -0.2) is 36.4 Å². The van der Waals surface area contributed by atoms with Crippen molar-refractivity contribution >= 4 is 17.7 Å². The van der Waals surface area contributed by atoms with E-state index in [2.05, 4.69) is 10.6 Å². The number of aryl methyl sites for hydroxylation is 2. The van der Waals surface area contributed by atoms with E-state index in [1.807, 2.05) is 32.0 Å². The first-order valence-corrected chi connectivity index (χ1v) is 6.42. The molecule has 2 unspecified atom stereocenters. The van der Waals surface area contributed by atoms with Gasteiger partial charge in [-0.3, -0.25) is 4.79 Å². The van der Waals surface area contributed by atoms with Gasteiger partial charge in [0.05, 0.1) is 19.3 Å². The molecule has 2 amide bonds. The molecule has 108 valence electrons. The Kier molecular flexibility index (Phi) is 4.24. The number of benzene rings is 1. The Hall–Kier alpha value is -2.08. The van der Waals surface area contributed by atoms with E-state index in [0.29, 0.717) is 5.69 Å². The second-order valence-electron chi connectivity index (χ2n) is 4.99. The van der Waals surface area contributed by atoms with Crippen LogP contribution in [0, 0.1) is 19.8 Å². The van der Waals surface area contributed by atoms with Crippen LogP contribution in [0.2, 0.25) is 0 Å². The molecule has 0 spiro atoms. The van der Waals surface area contributed by atoms with Crippen molar-refractivity contribution in [1.29, 1.82) is 0 Å². The fraction of sp³-hybridized carbons (Fsp3) is 0.429. The van der Waals surface area contributed by atoms with Crippen LogP contribution in [0.25, 0.3) is 0 Å². The molecule has 2 rings (SSSR count). The zero-order valence-corrected chi connectivity index (χ0v) is 11.5. The first-order chi connectivity index (χ1) is 9.47. The fourth-order valence-corrected chi connectivity index (χ4v) is 2.09. The summed E-state index contributed by atoms with van der Waals surface area (Å²) in [4.78, 5) is 22.8. The van der Waals surface area contributed by atoms with Gasteiger partial charge in [0, 0.05) is 5.69 Å². The third-order valence-corrected chi connectivity index (χ3v) is 3.48. The van der Waals surface area contributed by atoms with Crippen LogP contribution >= 0.6 is 0 Å². The number of aliphatic carboxylic acids is 1. The molecule has 3 N–H and O–H groups in total. The van der Waals surface area contributed by atoms with Crippen LogP contribution in [0.3, 0.4) is 0 Å². The highest BCUT2D eigenvalue weighted by Crippen LogP contribution is 2.16. The summed E-state index contributed by atoms with van der Waals surface area (Å²) in [7, 11) is 0. The summed E-state index contributed by atoms with van der Waals surface area (Å²) < 4.78 is 5.09. The minimum absolute atomic E-state index is 0.129. The first-order valence-electron chi connectivity index (χ1n) is 6.42. The lowest BCUT2D eigenvalue weighted by molar-refractivity contribution is -0.142. The van der Waals surface area contributed by atoms with Gasteiger partial charge in [-0.2, -0.15) is 0 Å². The number of amides is 2. The van der Waals surface area contributed by atoms with Crippen LogP contribution in [0.4, 0.5) is 10.5 Å². The predicted octanol–water partition coefficient (Wildman–Crippen LogP) is 1.52. The Morgan fingerprint density at radius 2 is 2.00 bits per heavy atom. The number of carboxylic acids is 1. The topological polar surface area (TPSA) is 87.7 Å². The molecule has 0 aromatic heterocycles. The summed E-state index contributed by atoms with van der Waals surface area (Å²) in [5.41, 5.74) is 2.90. The molecule has 6 heteroatoms. The van der Waals surface area contributed by atoms with E-state index >= 15 is 0 Å². The Labute approximate surface area is 117 Å². The summed E-state index contributed by atoms with van der Waals surface area (Å²) in [6, 6.07) is 4.68. The average Bonchev–Trinajstić information content (AvgIpc) is 2.82. The number of carbonyl (C=O) groups excluding carboxylic acids is 1. The summed E-state index contributed by atoms with van der Waals surface area (Å²) in [6.07, 6.45) is 0. The SMILES string of the molecule is Cc1ccc(NC(=O)NC2COCC2C(=O)O)cc1C. The standard InChI is InChI=1S/C14H18N2O4/c1-8-3-4-10(5-9(8)2)15-14(19)16-12-7-20-6-11(12)13(17)18/h3-5,11-12H,6-7H2,1-2H3,(H,17,18)(H2,15,16,19). The van der Waals surface area contributed by atoms with Gasteiger partial charge >= 0.3 is 12.0 Å². The number of hydrogen-bond acceptors (Lipinski definition) is 3. The molecule has 1 saturated heterocycles. The molecule has 1 aliphatic heterocycles. The number of ether oxygens (including phenoxy) is 1. The Morgan fingerprint density at radius 1 is 1.25 bits per heavy atom. The monoisotopic (exact) mass is 278 g/mol. The van der Waals surface area contributed by atoms with E-state index in [1.54, 1.807) is 0 Å². The molecule has 1 fully saturated rings. The largest absolute Gasteiger partial charge is 0.481 e. The van der Waals surface area contributed by atoms with Crippen molar-refractivity contribution in [2.75, 3.05) is 18.5 Å². The lowest BCUT2D eigenvalue weighted by Crippen LogP contribution is -2.44. The van der Waals surface area contributed by atoms with Gasteiger partial charge in [0.1, 0.15) is 5.92 Å². The van der Waals surface area contributed by atoms with Crippen LogP contribution in [0.5, 0.6) is 0 Å². The van der Waals surface area contributed by atoms with Gasteiger partial charge in [0.25, 0.3) is 0 Å². The van der Waals surface area contributed by atoms with Crippen molar-refractivity contribution in [3.63, 3.8) is 0 Å². The highest BCUT2D eigenvalue weighted by molar-refractivity contribution is 5.90. The summed E-state index contributed by atoms with van der Waals surface area (Å²) >= 11 is 0. The molecule has 20 heavy (non-hydrogen) atoms. The van der Waals surface area contributed by atoms with Gasteiger partial charge in [-0.15, -0.1) is 0 Å². The molecule has 1 aromatic rings. The van der Waals surface area contributed by atoms with Crippen LogP contribution in [0.1, 0.15) is 11.1 Å². The van der Waals surface area contributed by atoms with Crippen molar-refractivity contribution < 1.29 is 19.4 Å². The number of carbonyl (C=O) groups is 2. The second-order valence-corrected chi connectivity index (χ2v) is 4.99. The van der Waals surface area contributed by atoms with Gasteiger partial charge in [-0.05, 0) is 37.1 Å². The first kappa shape index (κ1) is 14.3. The number of nitrogens with one attached hydrogen (secondary N) is 2. The second kappa shape index (κ2) is 5.92. The third-order valence-electron chi connectivity index (χ3n) is 3.48. The van der Waals surface area contributed by atoms with Crippen molar-refractivity contribution in [3.05, 3.63) is 29.3 Å². The van der Waals surface area contributed by atoms with Crippen LogP contribution in [-0.2, 0) is 9.53 Å². The molecule has 1 aliphatic rings. The lowest BCUT2D eigenvalue weighted by atomic mass is 10.0. The predicted molar refractivity (Wildman–Crippen MR) is 73.8 cm³/mol. The molecule has 0 saturated carbocycles. The number of carboxylic acid groups (broad SMARTS) is 1. The van der Waals surface area contributed by atoms with Gasteiger partial charge in [-0.25, -0.2) is 4.79 Å². The van der Waals surface area contributed by atoms with Crippen LogP contribution in [0.15, 0.2) is 18.2 Å². The fourth-order valence-electron chi connectivity index (χ4n) is 2.09. The van der Waals surface area contributed by atoms with Crippen molar-refractivity contribution in [2.24, 2.45) is 5.92 Å². The normalized spacial score (nSPS) is 21.5. The molecule has 0 radical (unpaired) electrons. The highest BCUT2D eigenvalue weighted by atomic mass is 16.5. The lowest BCUT2D eigenvalue weighted by Gasteiger charge is -2.16. The van der Waals surface area contributed by atoms with E-state index < -0.39 is 24.0 Å². The van der Waals surface area contributed by atoms with Gasteiger partial charge < -0.3 is 20.5 Å². The van der Waals surface area contributed by atoms with E-state index in [4.69, 9.17) is 9.84 Å². The number of rotatable bonds is 3. The highest BCUT2D eigenvalue weighted by Gasteiger charge is 2.35. The Bertz CT molecular complexity index is 530. The van der Waals surface area contributed by atoms with E-state index in [-0.39, 0.29) is 13.2 Å². The quantitative estimate of drug-likeness (QED) is 0.782. The van der Waals surface area contributed by atoms with Gasteiger partial charge in [-0.1, -0.05) is 6.07 Å². The van der Waals surface area contributed by atoms with E-state index in [1.165, 1.54) is 0 Å². The minimum Gasteiger partial charge on any atom is -0.481 e. The summed E-state index contributed by atoms with van der Waals surface area (Å²) in [5, 5.41) is 14.3.